The lowest BCUT2D eigenvalue weighted by molar-refractivity contribution is -0.161. The van der Waals surface area contributed by atoms with E-state index in [0.717, 1.165) is 94.3 Å². The van der Waals surface area contributed by atoms with Gasteiger partial charge in [-0.05, 0) is 42.8 Å². The molecule has 6 heterocycles. The van der Waals surface area contributed by atoms with Crippen molar-refractivity contribution in [1.82, 2.24) is 20.2 Å². The van der Waals surface area contributed by atoms with E-state index in [9.17, 15) is 5.26 Å². The van der Waals surface area contributed by atoms with E-state index in [-0.39, 0.29) is 17.8 Å². The van der Waals surface area contributed by atoms with Crippen LogP contribution in [-0.2, 0) is 22.4 Å². The average Bonchev–Trinajstić information content (AvgIpc) is 2.95. The molecule has 0 radical (unpaired) electrons. The van der Waals surface area contributed by atoms with Crippen LogP contribution in [0.25, 0.3) is 10.9 Å². The van der Waals surface area contributed by atoms with E-state index < -0.39 is 0 Å². The van der Waals surface area contributed by atoms with Crippen molar-refractivity contribution in [3.05, 3.63) is 59.4 Å². The first kappa shape index (κ1) is 24.7. The van der Waals surface area contributed by atoms with E-state index in [1.165, 1.54) is 11.3 Å². The molecule has 4 aliphatic heterocycles. The monoisotopic (exact) mass is 525 g/mol. The van der Waals surface area contributed by atoms with Crippen molar-refractivity contribution in [2.24, 2.45) is 0 Å². The molecule has 0 unspecified atom stereocenters. The molecule has 2 aromatic heterocycles. The van der Waals surface area contributed by atoms with Crippen LogP contribution < -0.4 is 15.1 Å². The number of fused-ring (bicyclic) bond motifs is 2. The molecule has 7 rings (SSSR count). The quantitative estimate of drug-likeness (QED) is 0.551. The van der Waals surface area contributed by atoms with Crippen molar-refractivity contribution in [3.8, 4) is 6.07 Å². The van der Waals surface area contributed by atoms with Gasteiger partial charge in [-0.2, -0.15) is 5.26 Å². The Morgan fingerprint density at radius 3 is 2.95 bits per heavy atom. The van der Waals surface area contributed by atoms with Gasteiger partial charge in [0, 0.05) is 81.7 Å². The van der Waals surface area contributed by atoms with Crippen molar-refractivity contribution in [1.29, 1.82) is 5.26 Å². The molecule has 4 aliphatic rings. The highest BCUT2D eigenvalue weighted by molar-refractivity contribution is 5.95. The zero-order valence-electron chi connectivity index (χ0n) is 22.5. The van der Waals surface area contributed by atoms with Crippen LogP contribution >= 0.6 is 0 Å². The van der Waals surface area contributed by atoms with Crippen LogP contribution in [0.2, 0.25) is 0 Å². The summed E-state index contributed by atoms with van der Waals surface area (Å²) in [6.45, 7) is 10.9. The number of nitrogens with one attached hydrogen (secondary N) is 1. The number of rotatable bonds is 4. The maximum atomic E-state index is 9.54. The second-order valence-corrected chi connectivity index (χ2v) is 11.4. The maximum Gasteiger partial charge on any atom is 0.129 e. The van der Waals surface area contributed by atoms with E-state index in [1.54, 1.807) is 6.20 Å². The fraction of sp³-hybridized carbons (Fsp3) is 0.500. The van der Waals surface area contributed by atoms with Crippen molar-refractivity contribution >= 4 is 22.4 Å². The molecular weight excluding hydrogens is 490 g/mol. The SMILES string of the molecule is C[C@@H]1CN(c2ccc(C#N)c3ncccc23)C[C@H](CN2CC3(C2)CN(c2ccc4c(n2)CCNC4)CCO3)O1. The molecule has 9 heteroatoms. The molecule has 0 amide bonds. The summed E-state index contributed by atoms with van der Waals surface area (Å²) in [5.74, 6) is 1.08. The summed E-state index contributed by atoms with van der Waals surface area (Å²) in [7, 11) is 0. The fourth-order valence-electron chi connectivity index (χ4n) is 6.79. The molecular formula is C30H35N7O2. The number of anilines is 2. The maximum absolute atomic E-state index is 9.54. The van der Waals surface area contributed by atoms with Gasteiger partial charge in [0.2, 0.25) is 0 Å². The molecule has 0 aliphatic carbocycles. The number of nitriles is 1. The number of benzene rings is 1. The zero-order chi connectivity index (χ0) is 26.4. The predicted octanol–water partition coefficient (Wildman–Crippen LogP) is 2.33. The molecule has 39 heavy (non-hydrogen) atoms. The summed E-state index contributed by atoms with van der Waals surface area (Å²) < 4.78 is 12.8. The van der Waals surface area contributed by atoms with Gasteiger partial charge >= 0.3 is 0 Å². The standard InChI is InChI=1S/C30H35N7O2/c1-21-15-37(27-6-4-22(13-31)29-25(27)3-2-9-33-29)17-24(39-21)16-35-18-30(19-35)20-36(11-12-38-30)28-7-5-23-14-32-10-8-26(23)34-28/h2-7,9,21,24,32H,8,10-12,14-20H2,1H3/t21-,24+/m1/s1. The van der Waals surface area contributed by atoms with Gasteiger partial charge in [-0.3, -0.25) is 9.88 Å². The van der Waals surface area contributed by atoms with E-state index in [2.05, 4.69) is 62.3 Å². The van der Waals surface area contributed by atoms with E-state index in [0.29, 0.717) is 5.56 Å². The molecule has 0 saturated carbocycles. The number of pyridine rings is 2. The van der Waals surface area contributed by atoms with Crippen LogP contribution in [0.15, 0.2) is 42.6 Å². The van der Waals surface area contributed by atoms with Gasteiger partial charge in [0.15, 0.2) is 0 Å². The van der Waals surface area contributed by atoms with Crippen molar-refractivity contribution in [3.63, 3.8) is 0 Å². The summed E-state index contributed by atoms with van der Waals surface area (Å²) in [5, 5.41) is 14.0. The second-order valence-electron chi connectivity index (χ2n) is 11.4. The van der Waals surface area contributed by atoms with Gasteiger partial charge in [-0.15, -0.1) is 0 Å². The number of morpholine rings is 2. The minimum Gasteiger partial charge on any atom is -0.370 e. The third-order valence-corrected chi connectivity index (χ3v) is 8.50. The summed E-state index contributed by atoms with van der Waals surface area (Å²) in [6, 6.07) is 14.6. The number of ether oxygens (including phenoxy) is 2. The van der Waals surface area contributed by atoms with Crippen LogP contribution in [0.3, 0.4) is 0 Å². The Morgan fingerprint density at radius 2 is 2.05 bits per heavy atom. The van der Waals surface area contributed by atoms with Crippen LogP contribution in [0, 0.1) is 11.3 Å². The highest BCUT2D eigenvalue weighted by atomic mass is 16.5. The van der Waals surface area contributed by atoms with Gasteiger partial charge in [0.05, 0.1) is 36.4 Å². The smallest absolute Gasteiger partial charge is 0.129 e. The Hall–Kier alpha value is -3.29. The lowest BCUT2D eigenvalue weighted by atomic mass is 9.91. The van der Waals surface area contributed by atoms with Crippen LogP contribution in [0.1, 0.15) is 23.7 Å². The first-order valence-electron chi connectivity index (χ1n) is 14.1. The minimum absolute atomic E-state index is 0.101. The summed E-state index contributed by atoms with van der Waals surface area (Å²) in [4.78, 5) is 16.8. The molecule has 3 fully saturated rings. The molecule has 2 atom stereocenters. The van der Waals surface area contributed by atoms with Gasteiger partial charge in [0.1, 0.15) is 17.5 Å². The van der Waals surface area contributed by atoms with Crippen LogP contribution in [0.4, 0.5) is 11.5 Å². The Kier molecular flexibility index (Phi) is 6.36. The normalized spacial score (nSPS) is 24.8. The summed E-state index contributed by atoms with van der Waals surface area (Å²) in [6.07, 6.45) is 2.97. The van der Waals surface area contributed by atoms with Crippen LogP contribution in [0.5, 0.6) is 0 Å². The Balaban J connectivity index is 1.01. The van der Waals surface area contributed by atoms with Gasteiger partial charge in [-0.25, -0.2) is 4.98 Å². The van der Waals surface area contributed by atoms with E-state index >= 15 is 0 Å². The van der Waals surface area contributed by atoms with Crippen molar-refractivity contribution < 1.29 is 9.47 Å². The Bertz CT molecular complexity index is 1420. The molecule has 0 bridgehead atoms. The highest BCUT2D eigenvalue weighted by Gasteiger charge is 2.48. The second kappa shape index (κ2) is 10.0. The first-order chi connectivity index (χ1) is 19.1. The Morgan fingerprint density at radius 1 is 1.13 bits per heavy atom. The number of likely N-dealkylation sites (tertiary alicyclic amines) is 1. The van der Waals surface area contributed by atoms with Gasteiger partial charge < -0.3 is 24.6 Å². The van der Waals surface area contributed by atoms with Crippen LogP contribution in [-0.4, -0.2) is 91.6 Å². The molecule has 1 spiro atoms. The van der Waals surface area contributed by atoms with E-state index in [4.69, 9.17) is 14.5 Å². The lowest BCUT2D eigenvalue weighted by Gasteiger charge is -2.55. The van der Waals surface area contributed by atoms with E-state index in [1.807, 2.05) is 12.1 Å². The average molecular weight is 526 g/mol. The molecule has 3 saturated heterocycles. The number of hydrogen-bond acceptors (Lipinski definition) is 9. The zero-order valence-corrected chi connectivity index (χ0v) is 22.5. The number of aromatic nitrogens is 2. The highest BCUT2D eigenvalue weighted by Crippen LogP contribution is 2.34. The lowest BCUT2D eigenvalue weighted by Crippen LogP contribution is -2.71. The number of hydrogen-bond donors (Lipinski definition) is 1. The molecule has 1 aromatic carbocycles. The summed E-state index contributed by atoms with van der Waals surface area (Å²) in [5.41, 5.74) is 4.93. The molecule has 1 N–H and O–H groups in total. The summed E-state index contributed by atoms with van der Waals surface area (Å²) >= 11 is 0. The minimum atomic E-state index is -0.133. The third-order valence-electron chi connectivity index (χ3n) is 8.50. The van der Waals surface area contributed by atoms with Gasteiger partial charge in [-0.1, -0.05) is 6.07 Å². The van der Waals surface area contributed by atoms with Gasteiger partial charge in [0.25, 0.3) is 0 Å². The topological polar surface area (TPSA) is 89.8 Å². The predicted molar refractivity (Wildman–Crippen MR) is 150 cm³/mol. The largest absolute Gasteiger partial charge is 0.370 e. The van der Waals surface area contributed by atoms with Crippen molar-refractivity contribution in [2.45, 2.75) is 37.7 Å². The Labute approximate surface area is 229 Å². The molecule has 3 aromatic rings. The first-order valence-corrected chi connectivity index (χ1v) is 14.1. The van der Waals surface area contributed by atoms with Crippen molar-refractivity contribution in [2.75, 3.05) is 68.8 Å². The number of nitrogens with zero attached hydrogens (tertiary/aromatic N) is 6. The third kappa shape index (κ3) is 4.72. The fourth-order valence-corrected chi connectivity index (χ4v) is 6.79. The molecule has 202 valence electrons. The molecule has 9 nitrogen and oxygen atoms in total.